The summed E-state index contributed by atoms with van der Waals surface area (Å²) in [5.41, 5.74) is 0.383. The zero-order valence-corrected chi connectivity index (χ0v) is 19.9. The number of ether oxygens (including phenoxy) is 1. The quantitative estimate of drug-likeness (QED) is 0.352. The number of aromatic nitrogens is 1. The van der Waals surface area contributed by atoms with E-state index in [1.54, 1.807) is 12.1 Å². The van der Waals surface area contributed by atoms with Crippen molar-refractivity contribution in [2.75, 3.05) is 23.5 Å². The van der Waals surface area contributed by atoms with Crippen molar-refractivity contribution in [3.8, 4) is 5.88 Å². The average Bonchev–Trinajstić information content (AvgIpc) is 2.92. The summed E-state index contributed by atoms with van der Waals surface area (Å²) >= 11 is 3.20. The van der Waals surface area contributed by atoms with E-state index in [4.69, 9.17) is 4.74 Å². The third-order valence-corrected chi connectivity index (χ3v) is 6.08. The number of halogens is 5. The topological polar surface area (TPSA) is 45.7 Å². The van der Waals surface area contributed by atoms with Crippen LogP contribution in [0.2, 0.25) is 0 Å². The molecule has 2 aromatic carbocycles. The Morgan fingerprint density at radius 2 is 1.91 bits per heavy atom. The Balaban J connectivity index is 1.81. The summed E-state index contributed by atoms with van der Waals surface area (Å²) in [4.78, 5) is 20.1. The lowest BCUT2D eigenvalue weighted by Crippen LogP contribution is -2.42. The first-order chi connectivity index (χ1) is 16.1. The van der Waals surface area contributed by atoms with E-state index < -0.39 is 29.2 Å². The van der Waals surface area contributed by atoms with Gasteiger partial charge in [-0.25, -0.2) is 27.3 Å². The van der Waals surface area contributed by atoms with E-state index in [2.05, 4.69) is 20.9 Å². The third kappa shape index (κ3) is 4.59. The number of hydrogen-bond donors (Lipinski definition) is 0. The number of carbonyl (C=O) groups excluding carboxylic acids is 1. The van der Waals surface area contributed by atoms with Crippen LogP contribution in [0.15, 0.2) is 53.1 Å². The molecule has 0 bridgehead atoms. The predicted octanol–water partition coefficient (Wildman–Crippen LogP) is 6.43. The molecular weight excluding hydrogens is 518 g/mol. The van der Waals surface area contributed by atoms with Crippen molar-refractivity contribution in [2.45, 2.75) is 25.8 Å². The number of pyridine rings is 1. The Bertz CT molecular complexity index is 1250. The van der Waals surface area contributed by atoms with Gasteiger partial charge in [-0.2, -0.15) is 0 Å². The summed E-state index contributed by atoms with van der Waals surface area (Å²) in [6.07, 6.45) is 1.37. The fourth-order valence-corrected chi connectivity index (χ4v) is 4.23. The number of hydrogen-bond acceptors (Lipinski definition) is 3. The molecule has 10 heteroatoms. The number of fused-ring (bicyclic) bond motifs is 1. The van der Waals surface area contributed by atoms with E-state index in [0.29, 0.717) is 11.4 Å². The molecule has 4 rings (SSSR count). The Morgan fingerprint density at radius 3 is 2.59 bits per heavy atom. The maximum absolute atomic E-state index is 14.7. The van der Waals surface area contributed by atoms with Crippen molar-refractivity contribution in [2.24, 2.45) is 0 Å². The summed E-state index contributed by atoms with van der Waals surface area (Å²) in [6, 6.07) is 9.26. The van der Waals surface area contributed by atoms with Crippen LogP contribution in [0, 0.1) is 11.6 Å². The number of benzene rings is 2. The molecule has 34 heavy (non-hydrogen) atoms. The second-order valence-electron chi connectivity index (χ2n) is 7.88. The lowest BCUT2D eigenvalue weighted by Gasteiger charge is -2.29. The second-order valence-corrected chi connectivity index (χ2v) is 8.80. The number of amides is 2. The van der Waals surface area contributed by atoms with Crippen LogP contribution in [0.4, 0.5) is 33.7 Å². The van der Waals surface area contributed by atoms with Crippen LogP contribution < -0.4 is 14.5 Å². The minimum absolute atomic E-state index is 0.00875. The van der Waals surface area contributed by atoms with E-state index >= 15 is 0 Å². The van der Waals surface area contributed by atoms with Gasteiger partial charge in [-0.05, 0) is 36.8 Å². The first-order valence-corrected chi connectivity index (χ1v) is 11.1. The molecule has 0 spiro atoms. The van der Waals surface area contributed by atoms with Crippen molar-refractivity contribution >= 4 is 33.3 Å². The standard InChI is InChI=1S/C24H20BrF4N3O2/c1-24(28,29)18-11-16(12-30-22(18)34-2)31-9-8-17-19(26)4-3-5-21(17)32(23(31)33)13-14-6-7-15(25)10-20(14)27/h3-7,10-12H,8-9,13H2,1-2H3. The van der Waals surface area contributed by atoms with Gasteiger partial charge in [-0.15, -0.1) is 0 Å². The minimum Gasteiger partial charge on any atom is -0.481 e. The van der Waals surface area contributed by atoms with E-state index in [1.807, 2.05) is 0 Å². The molecule has 0 aliphatic carbocycles. The molecule has 5 nitrogen and oxygen atoms in total. The normalized spacial score (nSPS) is 14.1. The van der Waals surface area contributed by atoms with E-state index in [0.717, 1.165) is 6.07 Å². The van der Waals surface area contributed by atoms with Gasteiger partial charge in [0.2, 0.25) is 5.88 Å². The molecule has 0 unspecified atom stereocenters. The lowest BCUT2D eigenvalue weighted by molar-refractivity contribution is 0.0145. The fraction of sp³-hybridized carbons (Fsp3) is 0.250. The molecule has 1 aliphatic heterocycles. The van der Waals surface area contributed by atoms with Crippen LogP contribution in [0.1, 0.15) is 23.6 Å². The largest absolute Gasteiger partial charge is 0.481 e. The van der Waals surface area contributed by atoms with Crippen LogP contribution in [0.3, 0.4) is 0 Å². The molecule has 0 fully saturated rings. The highest BCUT2D eigenvalue weighted by atomic mass is 79.9. The molecule has 1 aliphatic rings. The molecule has 0 saturated carbocycles. The molecule has 0 saturated heterocycles. The molecule has 0 N–H and O–H groups in total. The third-order valence-electron chi connectivity index (χ3n) is 5.59. The highest BCUT2D eigenvalue weighted by Gasteiger charge is 2.34. The van der Waals surface area contributed by atoms with Gasteiger partial charge in [0.25, 0.3) is 5.92 Å². The molecule has 0 atom stereocenters. The number of urea groups is 1. The van der Waals surface area contributed by atoms with Gasteiger partial charge in [0, 0.05) is 29.1 Å². The van der Waals surface area contributed by atoms with Gasteiger partial charge >= 0.3 is 6.03 Å². The summed E-state index contributed by atoms with van der Waals surface area (Å²) in [5, 5.41) is 0. The first-order valence-electron chi connectivity index (χ1n) is 10.3. The number of methoxy groups -OCH3 is 1. The van der Waals surface area contributed by atoms with Gasteiger partial charge in [0.15, 0.2) is 0 Å². The maximum Gasteiger partial charge on any atom is 0.329 e. The molecule has 1 aromatic heterocycles. The van der Waals surface area contributed by atoms with Crippen LogP contribution in [-0.4, -0.2) is 24.7 Å². The summed E-state index contributed by atoms with van der Waals surface area (Å²) in [7, 11) is 1.22. The number of nitrogens with zero attached hydrogens (tertiary/aromatic N) is 3. The van der Waals surface area contributed by atoms with Crippen molar-refractivity contribution in [1.29, 1.82) is 0 Å². The number of rotatable bonds is 5. The Kier molecular flexibility index (Phi) is 6.53. The molecular formula is C24H20BrF4N3O2. The van der Waals surface area contributed by atoms with Gasteiger partial charge in [-0.3, -0.25) is 9.80 Å². The summed E-state index contributed by atoms with van der Waals surface area (Å²) < 4.78 is 63.2. The molecule has 178 valence electrons. The van der Waals surface area contributed by atoms with Crippen molar-refractivity contribution in [3.63, 3.8) is 0 Å². The summed E-state index contributed by atoms with van der Waals surface area (Å²) in [6.45, 7) is 0.522. The van der Waals surface area contributed by atoms with E-state index in [9.17, 15) is 22.4 Å². The maximum atomic E-state index is 14.7. The number of alkyl halides is 2. The molecule has 2 heterocycles. The summed E-state index contributed by atoms with van der Waals surface area (Å²) in [5.74, 6) is -4.60. The molecule has 0 radical (unpaired) electrons. The molecule has 3 aromatic rings. The number of carbonyl (C=O) groups is 1. The Labute approximate surface area is 202 Å². The van der Waals surface area contributed by atoms with Crippen LogP contribution in [0.25, 0.3) is 0 Å². The lowest BCUT2D eigenvalue weighted by atomic mass is 10.1. The highest BCUT2D eigenvalue weighted by Crippen LogP contribution is 2.37. The highest BCUT2D eigenvalue weighted by molar-refractivity contribution is 9.10. The van der Waals surface area contributed by atoms with Crippen LogP contribution >= 0.6 is 15.9 Å². The van der Waals surface area contributed by atoms with Gasteiger partial charge in [-0.1, -0.05) is 28.1 Å². The number of anilines is 2. The zero-order valence-electron chi connectivity index (χ0n) is 18.3. The SMILES string of the molecule is COc1ncc(N2CCc3c(F)cccc3N(Cc3ccc(Br)cc3F)C2=O)cc1C(C)(F)F. The monoisotopic (exact) mass is 537 g/mol. The van der Waals surface area contributed by atoms with Crippen molar-refractivity contribution in [1.82, 2.24) is 4.98 Å². The van der Waals surface area contributed by atoms with Crippen LogP contribution in [-0.2, 0) is 18.9 Å². The van der Waals surface area contributed by atoms with Gasteiger partial charge in [0.05, 0.1) is 36.8 Å². The van der Waals surface area contributed by atoms with Crippen molar-refractivity contribution in [3.05, 3.63) is 81.5 Å². The first kappa shape index (κ1) is 24.0. The Morgan fingerprint density at radius 1 is 1.15 bits per heavy atom. The smallest absolute Gasteiger partial charge is 0.329 e. The van der Waals surface area contributed by atoms with Gasteiger partial charge < -0.3 is 4.74 Å². The van der Waals surface area contributed by atoms with Gasteiger partial charge in [0.1, 0.15) is 11.6 Å². The molecule has 2 amide bonds. The second kappa shape index (κ2) is 9.25. The van der Waals surface area contributed by atoms with E-state index in [1.165, 1.54) is 47.4 Å². The minimum atomic E-state index is -3.28. The Hall–Kier alpha value is -3.14. The van der Waals surface area contributed by atoms with Crippen molar-refractivity contribution < 1.29 is 27.1 Å². The van der Waals surface area contributed by atoms with Crippen LogP contribution in [0.5, 0.6) is 5.88 Å². The zero-order chi connectivity index (χ0) is 24.6. The fourth-order valence-electron chi connectivity index (χ4n) is 3.89. The average molecular weight is 538 g/mol. The van der Waals surface area contributed by atoms with E-state index in [-0.39, 0.29) is 47.9 Å². The predicted molar refractivity (Wildman–Crippen MR) is 123 cm³/mol.